The maximum Gasteiger partial charge on any atom is 0.154 e. The molecule has 80 valence electrons. The van der Waals surface area contributed by atoms with Gasteiger partial charge in [0, 0.05) is 7.05 Å². The lowest BCUT2D eigenvalue weighted by Crippen LogP contribution is -2.05. The molecule has 0 aromatic carbocycles. The molecule has 14 heavy (non-hydrogen) atoms. The first-order valence-corrected chi connectivity index (χ1v) is 5.69. The maximum atomic E-state index is 9.87. The third-order valence-electron chi connectivity index (χ3n) is 2.22. The molecule has 0 saturated carbocycles. The average Bonchev–Trinajstić information content (AvgIpc) is 2.46. The zero-order valence-corrected chi connectivity index (χ0v) is 10.2. The van der Waals surface area contributed by atoms with Crippen LogP contribution in [0.15, 0.2) is 4.60 Å². The number of aromatic nitrogens is 3. The summed E-state index contributed by atoms with van der Waals surface area (Å²) in [5.41, 5.74) is 0.765. The van der Waals surface area contributed by atoms with Crippen LogP contribution in [0.4, 0.5) is 0 Å². The van der Waals surface area contributed by atoms with Crippen LogP contribution >= 0.6 is 15.9 Å². The van der Waals surface area contributed by atoms with E-state index in [1.54, 1.807) is 11.7 Å². The number of nitrogens with zero attached hydrogens (tertiary/aromatic N) is 3. The number of halogens is 1. The molecule has 0 saturated heterocycles. The highest BCUT2D eigenvalue weighted by Crippen LogP contribution is 2.24. The van der Waals surface area contributed by atoms with Gasteiger partial charge < -0.3 is 5.11 Å². The second kappa shape index (κ2) is 5.46. The van der Waals surface area contributed by atoms with Gasteiger partial charge in [-0.15, -0.1) is 5.10 Å². The van der Waals surface area contributed by atoms with Crippen molar-refractivity contribution in [2.45, 2.75) is 38.7 Å². The van der Waals surface area contributed by atoms with Gasteiger partial charge in [0.1, 0.15) is 5.69 Å². The predicted molar refractivity (Wildman–Crippen MR) is 57.8 cm³/mol. The van der Waals surface area contributed by atoms with Crippen LogP contribution in [0.1, 0.15) is 44.4 Å². The van der Waals surface area contributed by atoms with E-state index in [1.165, 1.54) is 0 Å². The van der Waals surface area contributed by atoms with Crippen molar-refractivity contribution < 1.29 is 5.11 Å². The van der Waals surface area contributed by atoms with Gasteiger partial charge in [0.25, 0.3) is 0 Å². The fraction of sp³-hybridized carbons (Fsp3) is 0.778. The van der Waals surface area contributed by atoms with E-state index in [-0.39, 0.29) is 0 Å². The summed E-state index contributed by atoms with van der Waals surface area (Å²) in [6.45, 7) is 2.15. The summed E-state index contributed by atoms with van der Waals surface area (Å²) in [7, 11) is 1.79. The predicted octanol–water partition coefficient (Wildman–Crippen LogP) is 2.19. The van der Waals surface area contributed by atoms with Crippen LogP contribution in [0, 0.1) is 0 Å². The van der Waals surface area contributed by atoms with Gasteiger partial charge in [-0.3, -0.25) is 0 Å². The van der Waals surface area contributed by atoms with Gasteiger partial charge in [-0.05, 0) is 22.4 Å². The Balaban J connectivity index is 2.55. The molecule has 0 bridgehead atoms. The summed E-state index contributed by atoms with van der Waals surface area (Å²) in [4.78, 5) is 0. The Morgan fingerprint density at radius 2 is 2.21 bits per heavy atom. The number of unbranched alkanes of at least 4 members (excludes halogenated alkanes) is 2. The van der Waals surface area contributed by atoms with Crippen molar-refractivity contribution in [1.82, 2.24) is 15.0 Å². The molecule has 0 aliphatic rings. The van der Waals surface area contributed by atoms with E-state index in [1.807, 2.05) is 0 Å². The molecule has 0 spiro atoms. The third kappa shape index (κ3) is 2.78. The molecule has 0 radical (unpaired) electrons. The molecular weight excluding hydrogens is 246 g/mol. The number of aliphatic hydroxyl groups is 1. The summed E-state index contributed by atoms with van der Waals surface area (Å²) >= 11 is 3.27. The summed E-state index contributed by atoms with van der Waals surface area (Å²) in [5.74, 6) is 0. The highest BCUT2D eigenvalue weighted by atomic mass is 79.9. The van der Waals surface area contributed by atoms with Crippen molar-refractivity contribution in [2.24, 2.45) is 7.05 Å². The Kier molecular flexibility index (Phi) is 4.54. The summed E-state index contributed by atoms with van der Waals surface area (Å²) in [6, 6.07) is 0. The van der Waals surface area contributed by atoms with E-state index in [0.717, 1.165) is 31.4 Å². The largest absolute Gasteiger partial charge is 0.387 e. The molecule has 1 atom stereocenters. The Hall–Kier alpha value is -0.420. The number of aryl methyl sites for hydroxylation is 1. The van der Waals surface area contributed by atoms with E-state index in [9.17, 15) is 5.11 Å². The Morgan fingerprint density at radius 3 is 2.71 bits per heavy atom. The second-order valence-corrected chi connectivity index (χ2v) is 4.15. The van der Waals surface area contributed by atoms with Crippen molar-refractivity contribution in [2.75, 3.05) is 0 Å². The van der Waals surface area contributed by atoms with Crippen LogP contribution < -0.4 is 0 Å². The first kappa shape index (κ1) is 11.7. The monoisotopic (exact) mass is 261 g/mol. The fourth-order valence-electron chi connectivity index (χ4n) is 1.42. The van der Waals surface area contributed by atoms with Crippen LogP contribution in [0.3, 0.4) is 0 Å². The van der Waals surface area contributed by atoms with E-state index in [2.05, 4.69) is 33.2 Å². The minimum Gasteiger partial charge on any atom is -0.387 e. The van der Waals surface area contributed by atoms with Crippen molar-refractivity contribution in [1.29, 1.82) is 0 Å². The molecule has 5 heteroatoms. The van der Waals surface area contributed by atoms with Gasteiger partial charge in [0.05, 0.1) is 6.10 Å². The summed E-state index contributed by atoms with van der Waals surface area (Å²) in [6.07, 6.45) is 3.66. The summed E-state index contributed by atoms with van der Waals surface area (Å²) < 4.78 is 2.25. The van der Waals surface area contributed by atoms with Gasteiger partial charge in [0.2, 0.25) is 0 Å². The quantitative estimate of drug-likeness (QED) is 0.827. The lowest BCUT2D eigenvalue weighted by molar-refractivity contribution is 0.153. The van der Waals surface area contributed by atoms with E-state index >= 15 is 0 Å². The van der Waals surface area contributed by atoms with Crippen molar-refractivity contribution >= 4 is 15.9 Å². The summed E-state index contributed by atoms with van der Waals surface area (Å²) in [5, 5.41) is 17.5. The third-order valence-corrected chi connectivity index (χ3v) is 2.79. The van der Waals surface area contributed by atoms with E-state index < -0.39 is 6.10 Å². The first-order valence-electron chi connectivity index (χ1n) is 4.90. The van der Waals surface area contributed by atoms with Crippen molar-refractivity contribution in [3.63, 3.8) is 0 Å². The fourth-order valence-corrected chi connectivity index (χ4v) is 2.01. The van der Waals surface area contributed by atoms with Gasteiger partial charge in [-0.1, -0.05) is 31.4 Å². The molecule has 0 amide bonds. The molecule has 1 N–H and O–H groups in total. The molecular formula is C9H16BrN3O. The minimum absolute atomic E-state index is 0.462. The number of hydrogen-bond donors (Lipinski definition) is 1. The van der Waals surface area contributed by atoms with Crippen LogP contribution in [0.2, 0.25) is 0 Å². The molecule has 1 aromatic heterocycles. The number of hydrogen-bond acceptors (Lipinski definition) is 3. The van der Waals surface area contributed by atoms with Gasteiger partial charge in [0.15, 0.2) is 4.60 Å². The highest BCUT2D eigenvalue weighted by Gasteiger charge is 2.16. The molecule has 1 heterocycles. The van der Waals surface area contributed by atoms with E-state index in [4.69, 9.17) is 0 Å². The number of rotatable bonds is 5. The van der Waals surface area contributed by atoms with Crippen LogP contribution in [-0.2, 0) is 7.05 Å². The first-order chi connectivity index (χ1) is 6.66. The van der Waals surface area contributed by atoms with Gasteiger partial charge in [-0.2, -0.15) is 0 Å². The molecule has 0 aliphatic carbocycles. The normalized spacial score (nSPS) is 13.1. The standard InChI is InChI=1S/C9H16BrN3O/c1-3-4-5-6-7(14)8-9(10)11-12-13(8)2/h7,14H,3-6H2,1-2H3. The van der Waals surface area contributed by atoms with Crippen molar-refractivity contribution in [3.8, 4) is 0 Å². The lowest BCUT2D eigenvalue weighted by Gasteiger charge is -2.09. The minimum atomic E-state index is -0.462. The zero-order valence-electron chi connectivity index (χ0n) is 8.57. The number of aliphatic hydroxyl groups excluding tert-OH is 1. The Morgan fingerprint density at radius 1 is 1.50 bits per heavy atom. The average molecular weight is 262 g/mol. The Bertz CT molecular complexity index is 268. The SMILES string of the molecule is CCCCCC(O)c1c(Br)nnn1C. The van der Waals surface area contributed by atoms with Crippen LogP contribution in [0.5, 0.6) is 0 Å². The van der Waals surface area contributed by atoms with Gasteiger partial charge >= 0.3 is 0 Å². The van der Waals surface area contributed by atoms with Crippen LogP contribution in [-0.4, -0.2) is 20.1 Å². The Labute approximate surface area is 92.4 Å². The highest BCUT2D eigenvalue weighted by molar-refractivity contribution is 9.10. The molecule has 0 aliphatic heterocycles. The molecule has 1 unspecified atom stereocenters. The maximum absolute atomic E-state index is 9.87. The van der Waals surface area contributed by atoms with Crippen LogP contribution in [0.25, 0.3) is 0 Å². The topological polar surface area (TPSA) is 50.9 Å². The van der Waals surface area contributed by atoms with E-state index in [0.29, 0.717) is 4.60 Å². The molecule has 0 fully saturated rings. The second-order valence-electron chi connectivity index (χ2n) is 3.40. The lowest BCUT2D eigenvalue weighted by atomic mass is 10.1. The smallest absolute Gasteiger partial charge is 0.154 e. The van der Waals surface area contributed by atoms with Gasteiger partial charge in [-0.25, -0.2) is 4.68 Å². The zero-order chi connectivity index (χ0) is 10.6. The molecule has 4 nitrogen and oxygen atoms in total. The molecule has 1 aromatic rings. The van der Waals surface area contributed by atoms with Crippen molar-refractivity contribution in [3.05, 3.63) is 10.3 Å². The molecule has 1 rings (SSSR count).